The fraction of sp³-hybridized carbons (Fsp3) is 0.429. The highest BCUT2D eigenvalue weighted by Crippen LogP contribution is 2.17. The van der Waals surface area contributed by atoms with Gasteiger partial charge in [-0.1, -0.05) is 12.1 Å². The maximum atomic E-state index is 12.8. The molecule has 0 saturated carbocycles. The molecule has 1 aromatic carbocycles. The monoisotopic (exact) mass is 267 g/mol. The summed E-state index contributed by atoms with van der Waals surface area (Å²) in [5.41, 5.74) is 5.28. The molecule has 19 heavy (non-hydrogen) atoms. The number of hydrogen-bond acceptors (Lipinski definition) is 3. The molecule has 104 valence electrons. The number of halogens is 1. The van der Waals surface area contributed by atoms with E-state index in [-0.39, 0.29) is 24.4 Å². The van der Waals surface area contributed by atoms with Crippen molar-refractivity contribution in [3.05, 3.63) is 35.6 Å². The number of carboxylic acid groups (broad SMARTS) is 1. The van der Waals surface area contributed by atoms with Crippen LogP contribution in [-0.2, 0) is 16.0 Å². The number of ketones is 1. The van der Waals surface area contributed by atoms with Crippen LogP contribution in [0.25, 0.3) is 0 Å². The third-order valence-corrected chi connectivity index (χ3v) is 2.90. The molecule has 0 bridgehead atoms. The Bertz CT molecular complexity index is 463. The quantitative estimate of drug-likeness (QED) is 0.823. The van der Waals surface area contributed by atoms with Gasteiger partial charge in [-0.3, -0.25) is 9.59 Å². The van der Waals surface area contributed by atoms with Crippen molar-refractivity contribution >= 4 is 11.8 Å². The van der Waals surface area contributed by atoms with Crippen LogP contribution in [0.2, 0.25) is 0 Å². The molecule has 4 nitrogen and oxygen atoms in total. The van der Waals surface area contributed by atoms with Gasteiger partial charge in [0, 0.05) is 6.42 Å². The summed E-state index contributed by atoms with van der Waals surface area (Å²) in [5.74, 6) is -2.58. The van der Waals surface area contributed by atoms with Gasteiger partial charge >= 0.3 is 5.97 Å². The summed E-state index contributed by atoms with van der Waals surface area (Å²) < 4.78 is 12.8. The van der Waals surface area contributed by atoms with E-state index >= 15 is 0 Å². The first-order valence-electron chi connectivity index (χ1n) is 5.99. The van der Waals surface area contributed by atoms with Gasteiger partial charge in [0.05, 0.1) is 11.5 Å². The predicted molar refractivity (Wildman–Crippen MR) is 69.1 cm³/mol. The maximum absolute atomic E-state index is 12.8. The highest BCUT2D eigenvalue weighted by Gasteiger charge is 2.28. The highest BCUT2D eigenvalue weighted by molar-refractivity contribution is 5.90. The van der Waals surface area contributed by atoms with Crippen molar-refractivity contribution in [2.75, 3.05) is 0 Å². The predicted octanol–water partition coefficient (Wildman–Crippen LogP) is 1.77. The van der Waals surface area contributed by atoms with Gasteiger partial charge in [0.2, 0.25) is 0 Å². The fourth-order valence-corrected chi connectivity index (χ4v) is 1.64. The highest BCUT2D eigenvalue weighted by atomic mass is 19.1. The molecule has 0 aliphatic heterocycles. The Morgan fingerprint density at radius 3 is 2.26 bits per heavy atom. The van der Waals surface area contributed by atoms with Gasteiger partial charge in [-0.25, -0.2) is 4.39 Å². The summed E-state index contributed by atoms with van der Waals surface area (Å²) in [7, 11) is 0. The van der Waals surface area contributed by atoms with Gasteiger partial charge in [-0.2, -0.15) is 0 Å². The van der Waals surface area contributed by atoms with Crippen LogP contribution < -0.4 is 5.73 Å². The molecule has 0 spiro atoms. The van der Waals surface area contributed by atoms with Crippen molar-refractivity contribution in [3.8, 4) is 0 Å². The van der Waals surface area contributed by atoms with Crippen molar-refractivity contribution < 1.29 is 19.1 Å². The Labute approximate surface area is 111 Å². The molecule has 3 N–H and O–H groups in total. The average molecular weight is 267 g/mol. The van der Waals surface area contributed by atoms with Crippen molar-refractivity contribution in [3.63, 3.8) is 0 Å². The Hall–Kier alpha value is -1.75. The van der Waals surface area contributed by atoms with Gasteiger partial charge < -0.3 is 10.8 Å². The molecule has 1 unspecified atom stereocenters. The average Bonchev–Trinajstić information content (AvgIpc) is 2.29. The molecular formula is C14H18FNO3. The molecule has 1 atom stereocenters. The van der Waals surface area contributed by atoms with Gasteiger partial charge in [0.25, 0.3) is 0 Å². The number of carboxylic acids is 1. The van der Waals surface area contributed by atoms with Gasteiger partial charge in [-0.05, 0) is 38.0 Å². The zero-order valence-corrected chi connectivity index (χ0v) is 11.0. The van der Waals surface area contributed by atoms with E-state index in [1.165, 1.54) is 24.3 Å². The molecule has 0 fully saturated rings. The summed E-state index contributed by atoms with van der Waals surface area (Å²) in [5, 5.41) is 9.14. The van der Waals surface area contributed by atoms with Gasteiger partial charge in [0.15, 0.2) is 5.78 Å². The number of benzene rings is 1. The number of carbonyl (C=O) groups is 2. The summed E-state index contributed by atoms with van der Waals surface area (Å²) in [6.45, 7) is 3.10. The molecular weight excluding hydrogens is 249 g/mol. The van der Waals surface area contributed by atoms with Crippen molar-refractivity contribution in [1.29, 1.82) is 0 Å². The largest absolute Gasteiger partial charge is 0.481 e. The second-order valence-corrected chi connectivity index (χ2v) is 5.21. The first-order valence-corrected chi connectivity index (χ1v) is 5.99. The SMILES string of the molecule is CC(C)(N)C(=O)CC(Cc1ccc(F)cc1)C(=O)O. The Kier molecular flexibility index (Phi) is 4.78. The Morgan fingerprint density at radius 1 is 1.32 bits per heavy atom. The van der Waals surface area contributed by atoms with Crippen LogP contribution in [0.15, 0.2) is 24.3 Å². The van der Waals surface area contributed by atoms with Crippen molar-refractivity contribution in [2.24, 2.45) is 11.7 Å². The Balaban J connectivity index is 2.77. The Morgan fingerprint density at radius 2 is 1.84 bits per heavy atom. The lowest BCUT2D eigenvalue weighted by molar-refractivity contribution is -0.144. The second-order valence-electron chi connectivity index (χ2n) is 5.21. The van der Waals surface area contributed by atoms with Crippen LogP contribution >= 0.6 is 0 Å². The minimum atomic E-state index is -1.05. The van der Waals surface area contributed by atoms with Crippen LogP contribution in [0.5, 0.6) is 0 Å². The van der Waals surface area contributed by atoms with Gasteiger partial charge in [0.1, 0.15) is 5.82 Å². The lowest BCUT2D eigenvalue weighted by Gasteiger charge is -2.19. The molecule has 0 aromatic heterocycles. The van der Waals surface area contributed by atoms with Crippen LogP contribution in [0, 0.1) is 11.7 Å². The zero-order chi connectivity index (χ0) is 14.6. The molecule has 1 aromatic rings. The smallest absolute Gasteiger partial charge is 0.307 e. The number of hydrogen-bond donors (Lipinski definition) is 2. The summed E-state index contributed by atoms with van der Waals surface area (Å²) in [6.07, 6.45) is 0.0492. The van der Waals surface area contributed by atoms with E-state index in [0.717, 1.165) is 0 Å². The van der Waals surface area contributed by atoms with E-state index < -0.39 is 17.4 Å². The number of aliphatic carboxylic acids is 1. The number of carbonyl (C=O) groups excluding carboxylic acids is 1. The molecule has 0 amide bonds. The summed E-state index contributed by atoms with van der Waals surface area (Å²) >= 11 is 0. The number of Topliss-reactive ketones (excluding diaryl/α,β-unsaturated/α-hetero) is 1. The van der Waals surface area contributed by atoms with Crippen LogP contribution in [0.3, 0.4) is 0 Å². The lowest BCUT2D eigenvalue weighted by atomic mass is 9.88. The van der Waals surface area contributed by atoms with E-state index in [0.29, 0.717) is 5.56 Å². The zero-order valence-electron chi connectivity index (χ0n) is 11.0. The fourth-order valence-electron chi connectivity index (χ4n) is 1.64. The molecule has 1 rings (SSSR count). The number of nitrogens with two attached hydrogens (primary N) is 1. The van der Waals surface area contributed by atoms with Crippen LogP contribution in [-0.4, -0.2) is 22.4 Å². The van der Waals surface area contributed by atoms with Gasteiger partial charge in [-0.15, -0.1) is 0 Å². The standard InChI is InChI=1S/C14H18FNO3/c1-14(2,16)12(17)8-10(13(18)19)7-9-3-5-11(15)6-4-9/h3-6,10H,7-8,16H2,1-2H3,(H,18,19). The van der Waals surface area contributed by atoms with Crippen LogP contribution in [0.1, 0.15) is 25.8 Å². The normalized spacial score (nSPS) is 13.1. The van der Waals surface area contributed by atoms with Crippen LogP contribution in [0.4, 0.5) is 4.39 Å². The molecule has 0 aliphatic carbocycles. The molecule has 5 heteroatoms. The van der Waals surface area contributed by atoms with Crippen molar-refractivity contribution in [2.45, 2.75) is 32.2 Å². The van der Waals surface area contributed by atoms with E-state index in [1.54, 1.807) is 13.8 Å². The third kappa shape index (κ3) is 4.79. The van der Waals surface area contributed by atoms with Crippen molar-refractivity contribution in [1.82, 2.24) is 0 Å². The van der Waals surface area contributed by atoms with E-state index in [1.807, 2.05) is 0 Å². The first-order chi connectivity index (χ1) is 8.70. The van der Waals surface area contributed by atoms with E-state index in [4.69, 9.17) is 10.8 Å². The van der Waals surface area contributed by atoms with E-state index in [2.05, 4.69) is 0 Å². The second kappa shape index (κ2) is 5.93. The molecule has 0 radical (unpaired) electrons. The maximum Gasteiger partial charge on any atom is 0.307 e. The topological polar surface area (TPSA) is 80.4 Å². The summed E-state index contributed by atoms with van der Waals surface area (Å²) in [4.78, 5) is 22.9. The molecule has 0 heterocycles. The number of rotatable bonds is 6. The third-order valence-electron chi connectivity index (χ3n) is 2.90. The first kappa shape index (κ1) is 15.3. The summed E-state index contributed by atoms with van der Waals surface area (Å²) in [6, 6.07) is 5.57. The molecule has 0 aliphatic rings. The van der Waals surface area contributed by atoms with E-state index in [9.17, 15) is 14.0 Å². The minimum absolute atomic E-state index is 0.129. The minimum Gasteiger partial charge on any atom is -0.481 e. The molecule has 0 saturated heterocycles. The lowest BCUT2D eigenvalue weighted by Crippen LogP contribution is -2.43.